The second-order valence-corrected chi connectivity index (χ2v) is 6.99. The predicted molar refractivity (Wildman–Crippen MR) is 111 cm³/mol. The van der Waals surface area contributed by atoms with Crippen molar-refractivity contribution in [3.8, 4) is 11.3 Å². The van der Waals surface area contributed by atoms with Crippen LogP contribution >= 0.6 is 0 Å². The first-order valence-electron chi connectivity index (χ1n) is 9.50. The van der Waals surface area contributed by atoms with Gasteiger partial charge in [0, 0.05) is 6.04 Å². The molecule has 2 N–H and O–H groups in total. The first kappa shape index (κ1) is 18.6. The number of aromatic amines is 1. The molecule has 0 spiro atoms. The van der Waals surface area contributed by atoms with Gasteiger partial charge in [-0.2, -0.15) is 0 Å². The maximum Gasteiger partial charge on any atom is 0.276 e. The monoisotopic (exact) mass is 387 g/mol. The van der Waals surface area contributed by atoms with E-state index in [-0.39, 0.29) is 17.3 Å². The lowest BCUT2D eigenvalue weighted by Crippen LogP contribution is -2.34. The summed E-state index contributed by atoms with van der Waals surface area (Å²) in [5.74, 6) is -0.404. The number of hydrogen-bond acceptors (Lipinski definition) is 4. The molecule has 0 saturated carbocycles. The zero-order valence-corrected chi connectivity index (χ0v) is 16.0. The van der Waals surface area contributed by atoms with Crippen LogP contribution in [0.15, 0.2) is 71.7 Å². The molecule has 1 amide bonds. The van der Waals surface area contributed by atoms with E-state index in [1.54, 1.807) is 6.20 Å². The van der Waals surface area contributed by atoms with Crippen molar-refractivity contribution < 1.29 is 4.79 Å². The SMILES string of the molecule is C[C@H](CCc1ccccc1)NC(=O)c1nnn2cc(-c3ccccc3)[nH]c(=O)c12. The normalized spacial score (nSPS) is 12.0. The van der Waals surface area contributed by atoms with Gasteiger partial charge >= 0.3 is 0 Å². The first-order valence-corrected chi connectivity index (χ1v) is 9.50. The maximum absolute atomic E-state index is 12.7. The number of nitrogens with one attached hydrogen (secondary N) is 2. The zero-order chi connectivity index (χ0) is 20.2. The number of benzene rings is 2. The maximum atomic E-state index is 12.7. The fourth-order valence-corrected chi connectivity index (χ4v) is 3.24. The van der Waals surface area contributed by atoms with Crippen LogP contribution in [0.1, 0.15) is 29.4 Å². The summed E-state index contributed by atoms with van der Waals surface area (Å²) >= 11 is 0. The molecule has 0 fully saturated rings. The molecule has 4 rings (SSSR count). The zero-order valence-electron chi connectivity index (χ0n) is 16.0. The highest BCUT2D eigenvalue weighted by molar-refractivity contribution is 5.98. The Labute approximate surface area is 167 Å². The predicted octanol–water partition coefficient (Wildman–Crippen LogP) is 2.84. The van der Waals surface area contributed by atoms with Gasteiger partial charge < -0.3 is 10.3 Å². The number of aromatic nitrogens is 4. The van der Waals surface area contributed by atoms with Crippen LogP contribution in [-0.2, 0) is 6.42 Å². The largest absolute Gasteiger partial charge is 0.348 e. The molecule has 0 aliphatic rings. The van der Waals surface area contributed by atoms with E-state index < -0.39 is 11.5 Å². The molecule has 0 saturated heterocycles. The van der Waals surface area contributed by atoms with E-state index in [0.29, 0.717) is 5.69 Å². The van der Waals surface area contributed by atoms with E-state index in [1.807, 2.05) is 55.5 Å². The molecule has 29 heavy (non-hydrogen) atoms. The number of hydrogen-bond donors (Lipinski definition) is 2. The van der Waals surface area contributed by atoms with Crippen molar-refractivity contribution in [2.24, 2.45) is 0 Å². The van der Waals surface area contributed by atoms with E-state index in [1.165, 1.54) is 10.1 Å². The molecule has 7 nitrogen and oxygen atoms in total. The summed E-state index contributed by atoms with van der Waals surface area (Å²) in [6.45, 7) is 1.93. The van der Waals surface area contributed by atoms with E-state index in [9.17, 15) is 9.59 Å². The molecule has 1 atom stereocenters. The highest BCUT2D eigenvalue weighted by Gasteiger charge is 2.20. The average molecular weight is 387 g/mol. The molecule has 0 bridgehead atoms. The number of H-pyrrole nitrogens is 1. The second-order valence-electron chi connectivity index (χ2n) is 6.99. The average Bonchev–Trinajstić information content (AvgIpc) is 3.18. The summed E-state index contributed by atoms with van der Waals surface area (Å²) in [6, 6.07) is 19.5. The lowest BCUT2D eigenvalue weighted by molar-refractivity contribution is 0.0935. The second kappa shape index (κ2) is 8.10. The van der Waals surface area contributed by atoms with Crippen LogP contribution in [-0.4, -0.2) is 31.8 Å². The molecular formula is C22H21N5O2. The van der Waals surface area contributed by atoms with Gasteiger partial charge in [-0.25, -0.2) is 4.52 Å². The number of fused-ring (bicyclic) bond motifs is 1. The lowest BCUT2D eigenvalue weighted by atomic mass is 10.1. The smallest absolute Gasteiger partial charge is 0.276 e. The number of rotatable bonds is 6. The first-order chi connectivity index (χ1) is 14.1. The quantitative estimate of drug-likeness (QED) is 0.532. The summed E-state index contributed by atoms with van der Waals surface area (Å²) < 4.78 is 1.35. The van der Waals surface area contributed by atoms with Crippen molar-refractivity contribution in [2.75, 3.05) is 0 Å². The minimum atomic E-state index is -0.404. The number of amides is 1. The Bertz CT molecular complexity index is 1180. The Morgan fingerprint density at radius 3 is 2.52 bits per heavy atom. The van der Waals surface area contributed by atoms with Gasteiger partial charge in [-0.05, 0) is 30.9 Å². The molecule has 2 aromatic heterocycles. The van der Waals surface area contributed by atoms with Crippen LogP contribution in [0, 0.1) is 0 Å². The summed E-state index contributed by atoms with van der Waals surface area (Å²) in [6.07, 6.45) is 3.30. The number of carbonyl (C=O) groups excluding carboxylic acids is 1. The van der Waals surface area contributed by atoms with Crippen molar-refractivity contribution in [3.63, 3.8) is 0 Å². The topological polar surface area (TPSA) is 92.2 Å². The highest BCUT2D eigenvalue weighted by Crippen LogP contribution is 2.15. The Kier molecular flexibility index (Phi) is 5.20. The van der Waals surface area contributed by atoms with Gasteiger partial charge in [0.05, 0.1) is 11.9 Å². The fraction of sp³-hybridized carbons (Fsp3) is 0.182. The Hall–Kier alpha value is -3.74. The van der Waals surface area contributed by atoms with Gasteiger partial charge in [-0.1, -0.05) is 65.9 Å². The third kappa shape index (κ3) is 4.08. The molecule has 7 heteroatoms. The van der Waals surface area contributed by atoms with E-state index >= 15 is 0 Å². The van der Waals surface area contributed by atoms with Crippen LogP contribution in [0.3, 0.4) is 0 Å². The van der Waals surface area contributed by atoms with Crippen LogP contribution < -0.4 is 10.9 Å². The molecule has 0 radical (unpaired) electrons. The standard InChI is InChI=1S/C22H21N5O2/c1-15(12-13-16-8-4-2-5-9-16)23-21(28)19-20-22(29)24-18(14-27(20)26-25-19)17-10-6-3-7-11-17/h2-11,14-15H,12-13H2,1H3,(H,23,28)(H,24,29)/t15-/m1/s1. The minimum Gasteiger partial charge on any atom is -0.348 e. The van der Waals surface area contributed by atoms with Crippen LogP contribution in [0.25, 0.3) is 16.8 Å². The number of carbonyl (C=O) groups is 1. The van der Waals surface area contributed by atoms with Crippen LogP contribution in [0.2, 0.25) is 0 Å². The van der Waals surface area contributed by atoms with Gasteiger partial charge in [0.2, 0.25) is 0 Å². The number of nitrogens with zero attached hydrogens (tertiary/aromatic N) is 3. The van der Waals surface area contributed by atoms with E-state index in [4.69, 9.17) is 0 Å². The fourth-order valence-electron chi connectivity index (χ4n) is 3.24. The molecule has 0 unspecified atom stereocenters. The molecule has 0 aliphatic heterocycles. The van der Waals surface area contributed by atoms with Gasteiger partial charge in [0.1, 0.15) is 0 Å². The number of aryl methyl sites for hydroxylation is 1. The van der Waals surface area contributed by atoms with Gasteiger partial charge in [0.15, 0.2) is 11.2 Å². The van der Waals surface area contributed by atoms with Gasteiger partial charge in [-0.15, -0.1) is 5.10 Å². The summed E-state index contributed by atoms with van der Waals surface area (Å²) in [7, 11) is 0. The van der Waals surface area contributed by atoms with Gasteiger partial charge in [-0.3, -0.25) is 9.59 Å². The van der Waals surface area contributed by atoms with Gasteiger partial charge in [0.25, 0.3) is 11.5 Å². The highest BCUT2D eigenvalue weighted by atomic mass is 16.2. The van der Waals surface area contributed by atoms with Crippen molar-refractivity contribution in [1.82, 2.24) is 25.1 Å². The van der Waals surface area contributed by atoms with Crippen molar-refractivity contribution in [2.45, 2.75) is 25.8 Å². The molecule has 4 aromatic rings. The van der Waals surface area contributed by atoms with E-state index in [2.05, 4.69) is 32.7 Å². The molecule has 2 heterocycles. The van der Waals surface area contributed by atoms with E-state index in [0.717, 1.165) is 18.4 Å². The minimum absolute atomic E-state index is 0.0254. The summed E-state index contributed by atoms with van der Waals surface area (Å²) in [5.41, 5.74) is 2.43. The third-order valence-corrected chi connectivity index (χ3v) is 4.80. The molecule has 146 valence electrons. The summed E-state index contributed by atoms with van der Waals surface area (Å²) in [4.78, 5) is 28.1. The Morgan fingerprint density at radius 1 is 1.10 bits per heavy atom. The van der Waals surface area contributed by atoms with Crippen LogP contribution in [0.4, 0.5) is 0 Å². The lowest BCUT2D eigenvalue weighted by Gasteiger charge is -2.12. The summed E-state index contributed by atoms with van der Waals surface area (Å²) in [5, 5.41) is 10.8. The third-order valence-electron chi connectivity index (χ3n) is 4.80. The Balaban J connectivity index is 1.51. The van der Waals surface area contributed by atoms with Crippen LogP contribution in [0.5, 0.6) is 0 Å². The molecule has 0 aliphatic carbocycles. The molecule has 2 aromatic carbocycles. The van der Waals surface area contributed by atoms with Crippen molar-refractivity contribution in [1.29, 1.82) is 0 Å². The molecular weight excluding hydrogens is 366 g/mol. The Morgan fingerprint density at radius 2 is 1.79 bits per heavy atom. The van der Waals surface area contributed by atoms with Crippen molar-refractivity contribution >= 4 is 11.4 Å². The van der Waals surface area contributed by atoms with Crippen molar-refractivity contribution in [3.05, 3.63) is 88.5 Å².